The Labute approximate surface area is 88.5 Å². The Morgan fingerprint density at radius 1 is 1.50 bits per heavy atom. The van der Waals surface area contributed by atoms with E-state index in [1.807, 2.05) is 24.3 Å². The van der Waals surface area contributed by atoms with Gasteiger partial charge >= 0.3 is 0 Å². The van der Waals surface area contributed by atoms with Crippen molar-refractivity contribution in [3.05, 3.63) is 29.8 Å². The molecule has 0 aliphatic heterocycles. The molecule has 0 unspecified atom stereocenters. The second-order valence-electron chi connectivity index (χ2n) is 2.04. The van der Waals surface area contributed by atoms with Crippen LogP contribution in [-0.4, -0.2) is 7.11 Å². The predicted octanol–water partition coefficient (Wildman–Crippen LogP) is 3.09. The fraction of sp³-hybridized carbons (Fsp3) is 0.111. The molecule has 0 saturated heterocycles. The highest BCUT2D eigenvalue weighted by Gasteiger charge is 1.90. The molecule has 0 aliphatic rings. The Hall–Kier alpha value is -0.340. The molecule has 0 aliphatic carbocycles. The van der Waals surface area contributed by atoms with Crippen LogP contribution in [0.3, 0.4) is 0 Å². The lowest BCUT2D eigenvalue weighted by molar-refractivity contribution is 0.414. The van der Waals surface area contributed by atoms with Crippen LogP contribution in [0.2, 0.25) is 0 Å². The van der Waals surface area contributed by atoms with E-state index in [2.05, 4.69) is 32.4 Å². The van der Waals surface area contributed by atoms with Crippen molar-refractivity contribution in [1.29, 1.82) is 0 Å². The van der Waals surface area contributed by atoms with E-state index in [-0.39, 0.29) is 0 Å². The quantitative estimate of drug-likeness (QED) is 0.580. The lowest BCUT2D eigenvalue weighted by Gasteiger charge is -1.97. The summed E-state index contributed by atoms with van der Waals surface area (Å²) in [5, 5.41) is 2.91. The van der Waals surface area contributed by atoms with Crippen LogP contribution in [-0.2, 0) is 0 Å². The van der Waals surface area contributed by atoms with Gasteiger partial charge in [-0.1, -0.05) is 12.0 Å². The Kier molecular flexibility index (Phi) is 4.33. The van der Waals surface area contributed by atoms with E-state index in [0.29, 0.717) is 0 Å². The summed E-state index contributed by atoms with van der Waals surface area (Å²) in [6, 6.07) is 7.71. The molecule has 62 valence electrons. The smallest absolute Gasteiger partial charge is 0.120 e. The predicted molar refractivity (Wildman–Crippen MR) is 61.5 cm³/mol. The van der Waals surface area contributed by atoms with Crippen molar-refractivity contribution in [2.24, 2.45) is 0 Å². The second kappa shape index (κ2) is 5.33. The number of hydrogen-bond donors (Lipinski definition) is 0. The fourth-order valence-corrected chi connectivity index (χ4v) is 1.27. The van der Waals surface area contributed by atoms with Gasteiger partial charge in [-0.2, -0.15) is 0 Å². The van der Waals surface area contributed by atoms with Crippen LogP contribution < -0.4 is 4.74 Å². The molecule has 0 aromatic heterocycles. The largest absolute Gasteiger partial charge is 0.497 e. The summed E-state index contributed by atoms with van der Waals surface area (Å²) in [5.41, 5.74) is 0.985. The van der Waals surface area contributed by atoms with Crippen molar-refractivity contribution in [1.82, 2.24) is 0 Å². The highest BCUT2D eigenvalue weighted by molar-refractivity contribution is 14.2. The van der Waals surface area contributed by atoms with E-state index < -0.39 is 0 Å². The van der Waals surface area contributed by atoms with Crippen LogP contribution in [0.1, 0.15) is 5.56 Å². The van der Waals surface area contributed by atoms with Gasteiger partial charge in [-0.25, -0.2) is 0 Å². The molecule has 0 N–H and O–H groups in total. The van der Waals surface area contributed by atoms with Gasteiger partial charge in [0.2, 0.25) is 0 Å². The zero-order chi connectivity index (χ0) is 8.81. The normalized spacial score (nSPS) is 8.50. The third-order valence-corrected chi connectivity index (χ3v) is 2.14. The van der Waals surface area contributed by atoms with Crippen LogP contribution in [0, 0.1) is 11.2 Å². The zero-order valence-electron chi connectivity index (χ0n) is 6.50. The summed E-state index contributed by atoms with van der Waals surface area (Å²) in [7, 11) is 3.13. The summed E-state index contributed by atoms with van der Waals surface area (Å²) in [5.74, 6) is 3.84. The van der Waals surface area contributed by atoms with Gasteiger partial charge in [0.1, 0.15) is 5.75 Å². The molecule has 3 heteroatoms. The third-order valence-electron chi connectivity index (χ3n) is 1.30. The van der Waals surface area contributed by atoms with E-state index in [4.69, 9.17) is 4.74 Å². The number of halogens is 1. The Morgan fingerprint density at radius 2 is 2.33 bits per heavy atom. The first-order valence-corrected chi connectivity index (χ1v) is 6.65. The van der Waals surface area contributed by atoms with Gasteiger partial charge in [-0.3, -0.25) is 0 Å². The molecule has 1 rings (SSSR count). The number of hydrogen-bond acceptors (Lipinski definition) is 2. The Bertz CT molecular complexity index is 314. The van der Waals surface area contributed by atoms with Crippen LogP contribution in [0.25, 0.3) is 0 Å². The summed E-state index contributed by atoms with van der Waals surface area (Å²) in [4.78, 5) is 0. The van der Waals surface area contributed by atoms with Crippen molar-refractivity contribution in [3.63, 3.8) is 0 Å². The average molecular weight is 290 g/mol. The van der Waals surface area contributed by atoms with E-state index in [1.165, 1.54) is 8.93 Å². The van der Waals surface area contributed by atoms with Crippen LogP contribution in [0.4, 0.5) is 0 Å². The zero-order valence-corrected chi connectivity index (χ0v) is 9.48. The molecule has 0 fully saturated rings. The maximum Gasteiger partial charge on any atom is 0.120 e. The van der Waals surface area contributed by atoms with Gasteiger partial charge < -0.3 is 4.74 Å². The molecule has 1 aromatic rings. The Morgan fingerprint density at radius 3 is 3.00 bits per heavy atom. The lowest BCUT2D eigenvalue weighted by Crippen LogP contribution is -1.82. The molecule has 0 saturated carbocycles. The summed E-state index contributed by atoms with van der Waals surface area (Å²) >= 11 is 2.14. The highest BCUT2D eigenvalue weighted by atomic mass is 127. The first-order valence-electron chi connectivity index (χ1n) is 3.29. The molecular weight excluding hydrogens is 283 g/mol. The number of rotatable bonds is 1. The molecule has 0 heterocycles. The lowest BCUT2D eigenvalue weighted by atomic mass is 10.2. The van der Waals surface area contributed by atoms with Gasteiger partial charge in [0.15, 0.2) is 0 Å². The minimum absolute atomic E-state index is 0.847. The fourth-order valence-electron chi connectivity index (χ4n) is 0.779. The van der Waals surface area contributed by atoms with Crippen LogP contribution in [0.15, 0.2) is 24.3 Å². The molecule has 0 radical (unpaired) electrons. The molecule has 0 bridgehead atoms. The van der Waals surface area contributed by atoms with Gasteiger partial charge in [-0.15, -0.1) is 0 Å². The van der Waals surface area contributed by atoms with Gasteiger partial charge in [0.05, 0.1) is 7.11 Å². The van der Waals surface area contributed by atoms with Crippen molar-refractivity contribution in [3.8, 4) is 16.9 Å². The van der Waals surface area contributed by atoms with Crippen molar-refractivity contribution >= 4 is 30.1 Å². The van der Waals surface area contributed by atoms with E-state index in [1.54, 1.807) is 7.11 Å². The molecule has 1 nitrogen and oxygen atoms in total. The SMILES string of the molecule is COc1cccc(C#CSI)c1. The maximum absolute atomic E-state index is 5.06. The summed E-state index contributed by atoms with van der Waals surface area (Å²) in [6.07, 6.45) is 0. The minimum atomic E-state index is 0.847. The van der Waals surface area contributed by atoms with E-state index in [0.717, 1.165) is 11.3 Å². The average Bonchev–Trinajstić information content (AvgIpc) is 2.15. The summed E-state index contributed by atoms with van der Waals surface area (Å²) in [6.45, 7) is 0. The monoisotopic (exact) mass is 290 g/mol. The minimum Gasteiger partial charge on any atom is -0.497 e. The van der Waals surface area contributed by atoms with Crippen LogP contribution in [0.5, 0.6) is 5.75 Å². The van der Waals surface area contributed by atoms with Crippen molar-refractivity contribution in [2.75, 3.05) is 7.11 Å². The molecule has 0 spiro atoms. The topological polar surface area (TPSA) is 9.23 Å². The second-order valence-corrected chi connectivity index (χ2v) is 3.72. The first kappa shape index (κ1) is 9.75. The standard InChI is InChI=1S/C9H7IOS/c1-11-9-4-2-3-8(7-9)5-6-12-10/h2-4,7H,1H3. The highest BCUT2D eigenvalue weighted by Crippen LogP contribution is 2.13. The Balaban J connectivity index is 2.86. The number of methoxy groups -OCH3 is 1. The molecule has 0 atom stereocenters. The summed E-state index contributed by atoms with van der Waals surface area (Å²) < 4.78 is 5.06. The maximum atomic E-state index is 5.06. The molecule has 12 heavy (non-hydrogen) atoms. The van der Waals surface area contributed by atoms with Crippen molar-refractivity contribution < 1.29 is 4.74 Å². The van der Waals surface area contributed by atoms with E-state index in [9.17, 15) is 0 Å². The first-order chi connectivity index (χ1) is 5.86. The number of benzene rings is 1. The van der Waals surface area contributed by atoms with Crippen molar-refractivity contribution in [2.45, 2.75) is 0 Å². The van der Waals surface area contributed by atoms with Gasteiger partial charge in [-0.05, 0) is 32.4 Å². The van der Waals surface area contributed by atoms with Gasteiger partial charge in [0, 0.05) is 26.8 Å². The van der Waals surface area contributed by atoms with E-state index >= 15 is 0 Å². The molecular formula is C9H7IOS. The van der Waals surface area contributed by atoms with Gasteiger partial charge in [0.25, 0.3) is 0 Å². The number of ether oxygens (including phenoxy) is 1. The van der Waals surface area contributed by atoms with Crippen LogP contribution >= 0.6 is 30.1 Å². The molecule has 1 aromatic carbocycles. The third kappa shape index (κ3) is 2.95. The molecule has 0 amide bonds.